The molecule has 0 bridgehead atoms. The van der Waals surface area contributed by atoms with E-state index in [9.17, 15) is 22.8 Å². The summed E-state index contributed by atoms with van der Waals surface area (Å²) in [7, 11) is 0. The van der Waals surface area contributed by atoms with Gasteiger partial charge in [0.2, 0.25) is 0 Å². The molecule has 0 atom stereocenters. The lowest BCUT2D eigenvalue weighted by atomic mass is 10.1. The number of hydrogen-bond acceptors (Lipinski definition) is 2. The van der Waals surface area contributed by atoms with Gasteiger partial charge in [-0.25, -0.2) is 18.0 Å². The summed E-state index contributed by atoms with van der Waals surface area (Å²) in [6.45, 7) is -0.881. The third kappa shape index (κ3) is 4.82. The molecule has 4 nitrogen and oxygen atoms in total. The van der Waals surface area contributed by atoms with Crippen molar-refractivity contribution < 1.29 is 27.9 Å². The number of nitrogens with one attached hydrogen (secondary N) is 1. The Hall–Kier alpha value is -2.31. The van der Waals surface area contributed by atoms with Crippen molar-refractivity contribution >= 4 is 18.0 Å². The first-order valence-electron chi connectivity index (χ1n) is 5.17. The highest BCUT2D eigenvalue weighted by Gasteiger charge is 2.13. The van der Waals surface area contributed by atoms with Crippen molar-refractivity contribution in [2.75, 3.05) is 6.54 Å². The number of hydrogen-bond donors (Lipinski definition) is 2. The molecule has 0 saturated carbocycles. The van der Waals surface area contributed by atoms with Crippen molar-refractivity contribution in [1.82, 2.24) is 5.32 Å². The summed E-state index contributed by atoms with van der Waals surface area (Å²) in [6.07, 6.45) is -0.762. The maximum absolute atomic E-state index is 13.4. The van der Waals surface area contributed by atoms with E-state index in [1.807, 2.05) is 5.32 Å². The fourth-order valence-corrected chi connectivity index (χ4v) is 1.25. The molecule has 0 heterocycles. The molecule has 0 aromatic heterocycles. The first kappa shape index (κ1) is 14.7. The molecule has 0 saturated heterocycles. The van der Waals surface area contributed by atoms with E-state index < -0.39 is 36.2 Å². The summed E-state index contributed by atoms with van der Waals surface area (Å²) in [6, 6.07) is 3.30. The number of carboxylic acid groups (broad SMARTS) is 1. The van der Waals surface area contributed by atoms with Gasteiger partial charge in [0.05, 0.1) is 12.1 Å². The molecule has 1 aromatic carbocycles. The smallest absolute Gasteiger partial charge is 0.328 e. The molecular weight excluding hydrogens is 263 g/mol. The summed E-state index contributed by atoms with van der Waals surface area (Å²) in [5.41, 5.74) is -0.154. The largest absolute Gasteiger partial charge is 0.478 e. The van der Waals surface area contributed by atoms with Crippen molar-refractivity contribution in [2.24, 2.45) is 0 Å². The molecule has 2 N–H and O–H groups in total. The van der Waals surface area contributed by atoms with Crippen molar-refractivity contribution in [3.8, 4) is 0 Å². The van der Waals surface area contributed by atoms with Crippen molar-refractivity contribution in [3.05, 3.63) is 41.2 Å². The molecule has 102 valence electrons. The molecule has 7 heteroatoms. The maximum Gasteiger partial charge on any atom is 0.328 e. The fourth-order valence-electron chi connectivity index (χ4n) is 1.25. The van der Waals surface area contributed by atoms with Gasteiger partial charge in [-0.15, -0.1) is 0 Å². The van der Waals surface area contributed by atoms with E-state index in [2.05, 4.69) is 0 Å². The van der Waals surface area contributed by atoms with Crippen molar-refractivity contribution in [1.29, 1.82) is 0 Å². The lowest BCUT2D eigenvalue weighted by Gasteiger charge is -2.06. The van der Waals surface area contributed by atoms with Crippen LogP contribution in [0.4, 0.5) is 13.2 Å². The van der Waals surface area contributed by atoms with E-state index in [0.717, 1.165) is 24.3 Å². The van der Waals surface area contributed by atoms with Crippen LogP contribution in [0.1, 0.15) is 15.9 Å². The lowest BCUT2D eigenvalue weighted by Crippen LogP contribution is -2.29. The van der Waals surface area contributed by atoms with E-state index in [1.54, 1.807) is 0 Å². The molecule has 0 aliphatic rings. The van der Waals surface area contributed by atoms with Gasteiger partial charge < -0.3 is 10.4 Å². The van der Waals surface area contributed by atoms with Crippen molar-refractivity contribution in [2.45, 2.75) is 6.43 Å². The Bertz CT molecular complexity index is 515. The molecular formula is C12H10F3NO3. The minimum atomic E-state index is -2.73. The van der Waals surface area contributed by atoms with Crippen LogP contribution in [0.3, 0.4) is 0 Å². The van der Waals surface area contributed by atoms with E-state index >= 15 is 0 Å². The van der Waals surface area contributed by atoms with Gasteiger partial charge in [-0.3, -0.25) is 4.79 Å². The quantitative estimate of drug-likeness (QED) is 0.805. The molecule has 0 fully saturated rings. The zero-order valence-electron chi connectivity index (χ0n) is 9.57. The van der Waals surface area contributed by atoms with E-state index in [4.69, 9.17) is 5.11 Å². The van der Waals surface area contributed by atoms with Crippen LogP contribution >= 0.6 is 0 Å². The molecule has 1 rings (SSSR count). The minimum absolute atomic E-state index is 0.269. The molecule has 0 spiro atoms. The molecule has 1 amide bonds. The van der Waals surface area contributed by atoms with Crippen LogP contribution in [0.2, 0.25) is 0 Å². The summed E-state index contributed by atoms with van der Waals surface area (Å²) in [5.74, 6) is -3.06. The number of amides is 1. The molecule has 0 aliphatic carbocycles. The van der Waals surface area contributed by atoms with Crippen LogP contribution in [0.15, 0.2) is 24.3 Å². The number of carboxylic acids is 1. The van der Waals surface area contributed by atoms with Gasteiger partial charge in [0, 0.05) is 6.08 Å². The number of benzene rings is 1. The highest BCUT2D eigenvalue weighted by atomic mass is 19.3. The van der Waals surface area contributed by atoms with Gasteiger partial charge in [-0.1, -0.05) is 6.07 Å². The summed E-state index contributed by atoms with van der Waals surface area (Å²) >= 11 is 0. The van der Waals surface area contributed by atoms with E-state index in [0.29, 0.717) is 0 Å². The Kier molecular flexibility index (Phi) is 5.11. The van der Waals surface area contributed by atoms with Gasteiger partial charge in [0.15, 0.2) is 0 Å². The second kappa shape index (κ2) is 6.58. The first-order chi connectivity index (χ1) is 8.90. The zero-order chi connectivity index (χ0) is 14.4. The molecule has 19 heavy (non-hydrogen) atoms. The number of carbonyl (C=O) groups is 2. The summed E-state index contributed by atoms with van der Waals surface area (Å²) in [5, 5.41) is 10.3. The Morgan fingerprint density at radius 3 is 2.63 bits per heavy atom. The standard InChI is InChI=1S/C12H10F3NO3/c13-9-3-1-7(2-4-11(17)18)5-8(9)12(19)16-6-10(14)15/h1-5,10H,6H2,(H,16,19)(H,17,18)/b4-2+. The van der Waals surface area contributed by atoms with E-state index in [-0.39, 0.29) is 5.56 Å². The number of alkyl halides is 2. The third-order valence-corrected chi connectivity index (χ3v) is 2.07. The van der Waals surface area contributed by atoms with Crippen LogP contribution in [-0.4, -0.2) is 30.0 Å². The van der Waals surface area contributed by atoms with Crippen LogP contribution in [0, 0.1) is 5.82 Å². The predicted octanol–water partition coefficient (Wildman–Crippen LogP) is 1.92. The highest BCUT2D eigenvalue weighted by molar-refractivity contribution is 5.95. The Morgan fingerprint density at radius 2 is 2.05 bits per heavy atom. The SMILES string of the molecule is O=C(O)/C=C/c1ccc(F)c(C(=O)NCC(F)F)c1. The zero-order valence-corrected chi connectivity index (χ0v) is 9.57. The maximum atomic E-state index is 13.4. The monoisotopic (exact) mass is 273 g/mol. The number of aliphatic carboxylic acids is 1. The second-order valence-electron chi connectivity index (χ2n) is 3.51. The summed E-state index contributed by atoms with van der Waals surface area (Å²) < 4.78 is 37.2. The normalized spacial score (nSPS) is 10.9. The average molecular weight is 273 g/mol. The Balaban J connectivity index is 2.90. The summed E-state index contributed by atoms with van der Waals surface area (Å²) in [4.78, 5) is 21.7. The van der Waals surface area contributed by atoms with Crippen LogP contribution in [0.25, 0.3) is 6.08 Å². The first-order valence-corrected chi connectivity index (χ1v) is 5.17. The molecule has 1 aromatic rings. The van der Waals surface area contributed by atoms with Gasteiger partial charge in [0.25, 0.3) is 12.3 Å². The van der Waals surface area contributed by atoms with Gasteiger partial charge in [-0.2, -0.15) is 0 Å². The fraction of sp³-hybridized carbons (Fsp3) is 0.167. The van der Waals surface area contributed by atoms with Gasteiger partial charge >= 0.3 is 5.97 Å². The van der Waals surface area contributed by atoms with E-state index in [1.165, 1.54) is 6.07 Å². The minimum Gasteiger partial charge on any atom is -0.478 e. The Labute approximate surface area is 106 Å². The topological polar surface area (TPSA) is 66.4 Å². The Morgan fingerprint density at radius 1 is 1.37 bits per heavy atom. The molecule has 0 aliphatic heterocycles. The second-order valence-corrected chi connectivity index (χ2v) is 3.51. The van der Waals surface area contributed by atoms with Crippen LogP contribution in [-0.2, 0) is 4.79 Å². The van der Waals surface area contributed by atoms with Gasteiger partial charge in [-0.05, 0) is 23.8 Å². The lowest BCUT2D eigenvalue weighted by molar-refractivity contribution is -0.131. The number of rotatable bonds is 5. The predicted molar refractivity (Wildman–Crippen MR) is 61.4 cm³/mol. The third-order valence-electron chi connectivity index (χ3n) is 2.07. The average Bonchev–Trinajstić information content (AvgIpc) is 2.34. The highest BCUT2D eigenvalue weighted by Crippen LogP contribution is 2.12. The number of carbonyl (C=O) groups excluding carboxylic acids is 1. The number of halogens is 3. The molecule has 0 unspecified atom stereocenters. The molecule has 0 radical (unpaired) electrons. The van der Waals surface area contributed by atoms with Crippen molar-refractivity contribution in [3.63, 3.8) is 0 Å². The van der Waals surface area contributed by atoms with Crippen LogP contribution in [0.5, 0.6) is 0 Å². The van der Waals surface area contributed by atoms with Crippen LogP contribution < -0.4 is 5.32 Å². The van der Waals surface area contributed by atoms with Gasteiger partial charge in [0.1, 0.15) is 5.82 Å².